The number of ketones is 2. The molecule has 1 aromatic rings. The van der Waals surface area contributed by atoms with Crippen molar-refractivity contribution in [1.82, 2.24) is 0 Å². The number of hydrogen-bond acceptors (Lipinski definition) is 5. The van der Waals surface area contributed by atoms with Crippen molar-refractivity contribution >= 4 is 11.6 Å². The number of aliphatic hydroxyl groups is 1. The van der Waals surface area contributed by atoms with Crippen LogP contribution in [0.1, 0.15) is 36.8 Å². The van der Waals surface area contributed by atoms with Crippen LogP contribution in [0.15, 0.2) is 12.1 Å². The Morgan fingerprint density at radius 1 is 1.29 bits per heavy atom. The lowest BCUT2D eigenvalue weighted by molar-refractivity contribution is -0.950. The predicted molar refractivity (Wildman–Crippen MR) is 94.5 cm³/mol. The maximum absolute atomic E-state index is 12.8. The van der Waals surface area contributed by atoms with Crippen LogP contribution < -0.4 is 21.7 Å². The molecule has 1 aromatic carbocycles. The van der Waals surface area contributed by atoms with E-state index in [9.17, 15) is 19.8 Å². The number of quaternary nitrogens is 1. The second kappa shape index (κ2) is 5.37. The van der Waals surface area contributed by atoms with Crippen molar-refractivity contribution in [2.45, 2.75) is 55.3 Å². The van der Waals surface area contributed by atoms with Crippen molar-refractivity contribution in [3.63, 3.8) is 0 Å². The number of likely N-dealkylation sites (N-methyl/N-ethyl adjacent to an activating group) is 1. The third-order valence-electron chi connectivity index (χ3n) is 8.17. The first kappa shape index (κ1) is 18.6. The Balaban J connectivity index is 0.00000171. The van der Waals surface area contributed by atoms with Gasteiger partial charge in [-0.1, -0.05) is 6.07 Å². The molecule has 2 bridgehead atoms. The zero-order valence-corrected chi connectivity index (χ0v) is 17.4. The van der Waals surface area contributed by atoms with Crippen LogP contribution in [0.3, 0.4) is 0 Å². The number of nitrogens with zero attached hydrogens (tertiary/aromatic N) is 1. The molecule has 28 heavy (non-hydrogen) atoms. The van der Waals surface area contributed by atoms with Gasteiger partial charge in [-0.3, -0.25) is 9.59 Å². The van der Waals surface area contributed by atoms with Crippen LogP contribution in [0.4, 0.5) is 0 Å². The van der Waals surface area contributed by atoms with Gasteiger partial charge in [-0.15, -0.1) is 0 Å². The van der Waals surface area contributed by atoms with Crippen molar-refractivity contribution in [2.24, 2.45) is 5.92 Å². The largest absolute Gasteiger partial charge is 1.00 e. The zero-order valence-electron chi connectivity index (χ0n) is 15.8. The average molecular weight is 450 g/mol. The van der Waals surface area contributed by atoms with Crippen LogP contribution in [0.25, 0.3) is 0 Å². The number of phenolic OH excluding ortho intramolecular Hbond substituents is 1. The van der Waals surface area contributed by atoms with Crippen LogP contribution in [0.5, 0.6) is 11.5 Å². The molecule has 2 heterocycles. The highest BCUT2D eigenvalue weighted by Gasteiger charge is 2.78. The number of likely N-dealkylation sites (tertiary alicyclic amines) is 1. The van der Waals surface area contributed by atoms with E-state index in [4.69, 9.17) is 4.74 Å². The van der Waals surface area contributed by atoms with Crippen molar-refractivity contribution in [3.8, 4) is 11.5 Å². The number of hydrogen-bond donors (Lipinski definition) is 2. The lowest BCUT2D eigenvalue weighted by Crippen LogP contribution is -3.00. The Bertz CT molecular complexity index is 930. The molecule has 7 heteroatoms. The van der Waals surface area contributed by atoms with Crippen molar-refractivity contribution in [3.05, 3.63) is 23.3 Å². The van der Waals surface area contributed by atoms with Crippen molar-refractivity contribution < 1.29 is 46.0 Å². The van der Waals surface area contributed by atoms with Gasteiger partial charge in [0, 0.05) is 30.7 Å². The van der Waals surface area contributed by atoms with Gasteiger partial charge in [-0.25, -0.2) is 0 Å². The van der Waals surface area contributed by atoms with E-state index in [1.807, 2.05) is 6.07 Å². The van der Waals surface area contributed by atoms with Crippen LogP contribution >= 0.6 is 0 Å². The fourth-order valence-corrected chi connectivity index (χ4v) is 6.79. The van der Waals surface area contributed by atoms with Crippen LogP contribution in [-0.2, 0) is 21.4 Å². The monoisotopic (exact) mass is 449 g/mol. The third-order valence-corrected chi connectivity index (χ3v) is 8.17. The first-order valence-corrected chi connectivity index (χ1v) is 9.96. The number of halogens is 1. The Hall–Kier alpha value is -1.44. The number of carbonyl (C=O) groups excluding carboxylic acids is 2. The highest BCUT2D eigenvalue weighted by molar-refractivity contribution is 6.40. The predicted octanol–water partition coefficient (Wildman–Crippen LogP) is -2.15. The van der Waals surface area contributed by atoms with Gasteiger partial charge in [0.2, 0.25) is 11.6 Å². The second-order valence-electron chi connectivity index (χ2n) is 9.60. The Kier molecular flexibility index (Phi) is 3.57. The second-order valence-corrected chi connectivity index (χ2v) is 9.60. The van der Waals surface area contributed by atoms with E-state index in [0.29, 0.717) is 24.5 Å². The lowest BCUT2D eigenvalue weighted by Gasteiger charge is -2.63. The summed E-state index contributed by atoms with van der Waals surface area (Å²) in [4.78, 5) is 25.4. The smallest absolute Gasteiger partial charge is 0.239 e. The number of benzene rings is 1. The molecule has 0 aromatic heterocycles. The zero-order chi connectivity index (χ0) is 18.8. The average Bonchev–Trinajstić information content (AvgIpc) is 3.34. The van der Waals surface area contributed by atoms with Gasteiger partial charge in [0.1, 0.15) is 11.6 Å². The van der Waals surface area contributed by atoms with Gasteiger partial charge >= 0.3 is 0 Å². The van der Waals surface area contributed by atoms with Crippen molar-refractivity contribution in [1.29, 1.82) is 0 Å². The molecule has 0 unspecified atom stereocenters. The molecular weight excluding hydrogens is 426 g/mol. The van der Waals surface area contributed by atoms with Crippen LogP contribution in [-0.4, -0.2) is 64.1 Å². The molecule has 6 rings (SSSR count). The number of aromatic hydroxyl groups is 1. The Morgan fingerprint density at radius 2 is 2.04 bits per heavy atom. The summed E-state index contributed by atoms with van der Waals surface area (Å²) in [6.45, 7) is 1.86. The Labute approximate surface area is 173 Å². The van der Waals surface area contributed by atoms with Gasteiger partial charge < -0.3 is 36.4 Å². The minimum Gasteiger partial charge on any atom is -1.00 e. The number of carbonyl (C=O) groups is 2. The number of phenols is 1. The van der Waals surface area contributed by atoms with Gasteiger partial charge in [0.05, 0.1) is 25.6 Å². The standard InChI is InChI=1S/C21H23NO5.BrH/c1-22(10-11-2-3-11)7-6-20-16-12-4-5-13(23)18(16)27-19(20)17(25)14(24)9-21(20,26)15(22)8-12;/h4-5,11,15,19,26H,2-3,6-10H2,1H3;1H/t15-,19+,20+,21-,22-;/m1./s1. The summed E-state index contributed by atoms with van der Waals surface area (Å²) in [5.74, 6) is -0.116. The molecule has 0 radical (unpaired) electrons. The molecule has 6 nitrogen and oxygen atoms in total. The molecule has 1 spiro atoms. The first-order valence-electron chi connectivity index (χ1n) is 9.96. The molecule has 5 atom stereocenters. The molecular formula is C21H24BrNO5. The van der Waals surface area contributed by atoms with Gasteiger partial charge in [-0.05, 0) is 24.5 Å². The SMILES string of the molecule is C[N@+]1(CC2CC2)CC[C@]23c4c5ccc(O)c4O[C@H]2C(=O)C(=O)C[C@@]3(O)[C@H]1C5.[Br-]. The molecule has 5 aliphatic rings. The number of rotatable bonds is 2. The maximum atomic E-state index is 12.8. The first-order chi connectivity index (χ1) is 12.8. The fraction of sp³-hybridized carbons (Fsp3) is 0.619. The lowest BCUT2D eigenvalue weighted by atomic mass is 9.48. The Morgan fingerprint density at radius 3 is 2.75 bits per heavy atom. The number of Topliss-reactive ketones (excluding diaryl/α,β-unsaturated/α-hetero) is 2. The molecule has 3 aliphatic carbocycles. The molecule has 3 fully saturated rings. The summed E-state index contributed by atoms with van der Waals surface area (Å²) in [5, 5.41) is 22.5. The highest BCUT2D eigenvalue weighted by atomic mass is 79.9. The molecule has 150 valence electrons. The van der Waals surface area contributed by atoms with Crippen LogP contribution in [0.2, 0.25) is 0 Å². The van der Waals surface area contributed by atoms with E-state index >= 15 is 0 Å². The summed E-state index contributed by atoms with van der Waals surface area (Å²) in [6.07, 6.45) is 2.56. The van der Waals surface area contributed by atoms with Crippen molar-refractivity contribution in [2.75, 3.05) is 20.1 Å². The maximum Gasteiger partial charge on any atom is 0.239 e. The van der Waals surface area contributed by atoms with Crippen LogP contribution in [0, 0.1) is 5.92 Å². The normalized spacial score (nSPS) is 42.5. The van der Waals surface area contributed by atoms with E-state index in [1.54, 1.807) is 6.07 Å². The quantitative estimate of drug-likeness (QED) is 0.397. The van der Waals surface area contributed by atoms with E-state index in [0.717, 1.165) is 28.7 Å². The van der Waals surface area contributed by atoms with E-state index in [2.05, 4.69) is 7.05 Å². The topological polar surface area (TPSA) is 83.8 Å². The summed E-state index contributed by atoms with van der Waals surface area (Å²) in [7, 11) is 2.20. The fourth-order valence-electron chi connectivity index (χ4n) is 6.79. The van der Waals surface area contributed by atoms with Gasteiger partial charge in [0.15, 0.2) is 17.6 Å². The molecule has 0 amide bonds. The van der Waals surface area contributed by atoms with Gasteiger partial charge in [0.25, 0.3) is 0 Å². The number of ether oxygens (including phenoxy) is 1. The molecule has 1 saturated heterocycles. The van der Waals surface area contributed by atoms with E-state index < -0.39 is 28.7 Å². The molecule has 2 saturated carbocycles. The van der Waals surface area contributed by atoms with Gasteiger partial charge in [-0.2, -0.15) is 0 Å². The molecule has 2 N–H and O–H groups in total. The summed E-state index contributed by atoms with van der Waals surface area (Å²) in [6, 6.07) is 3.37. The van der Waals surface area contributed by atoms with E-state index in [1.165, 1.54) is 12.8 Å². The minimum absolute atomic E-state index is 0. The summed E-state index contributed by atoms with van der Waals surface area (Å²) >= 11 is 0. The van der Waals surface area contributed by atoms with E-state index in [-0.39, 0.29) is 35.2 Å². The highest BCUT2D eigenvalue weighted by Crippen LogP contribution is 2.65. The minimum atomic E-state index is -1.31. The third kappa shape index (κ3) is 1.91. The summed E-state index contributed by atoms with van der Waals surface area (Å²) in [5.41, 5.74) is -0.394. The molecule has 2 aliphatic heterocycles. The number of piperidine rings is 1. The summed E-state index contributed by atoms with van der Waals surface area (Å²) < 4.78 is 6.67.